The number of benzene rings is 2. The van der Waals surface area contributed by atoms with E-state index in [0.717, 1.165) is 18.4 Å². The summed E-state index contributed by atoms with van der Waals surface area (Å²) in [4.78, 5) is 0. The van der Waals surface area contributed by atoms with Gasteiger partial charge in [0, 0.05) is 12.6 Å². The lowest BCUT2D eigenvalue weighted by atomic mass is 9.95. The molecule has 0 spiro atoms. The SMILES string of the molecule is CC(C)CC(CC(C)C)NCc1cccc2ccccc12. The summed E-state index contributed by atoms with van der Waals surface area (Å²) in [7, 11) is 0. The average Bonchev–Trinajstić information content (AvgIpc) is 2.43. The van der Waals surface area contributed by atoms with Gasteiger partial charge in [-0.25, -0.2) is 0 Å². The summed E-state index contributed by atoms with van der Waals surface area (Å²) in [5, 5.41) is 6.50. The Morgan fingerprint density at radius 2 is 1.43 bits per heavy atom. The standard InChI is InChI=1S/C20H29N/c1-15(2)12-19(13-16(3)4)21-14-18-10-7-9-17-8-5-6-11-20(17)18/h5-11,15-16,19,21H,12-14H2,1-4H3. The summed E-state index contributed by atoms with van der Waals surface area (Å²) >= 11 is 0. The van der Waals surface area contributed by atoms with Crippen molar-refractivity contribution < 1.29 is 0 Å². The van der Waals surface area contributed by atoms with E-state index in [1.54, 1.807) is 0 Å². The summed E-state index contributed by atoms with van der Waals surface area (Å²) < 4.78 is 0. The fraction of sp³-hybridized carbons (Fsp3) is 0.500. The molecule has 1 N–H and O–H groups in total. The van der Waals surface area contributed by atoms with Crippen LogP contribution >= 0.6 is 0 Å². The number of hydrogen-bond acceptors (Lipinski definition) is 1. The Kier molecular flexibility index (Phi) is 5.81. The molecule has 0 amide bonds. The van der Waals surface area contributed by atoms with Crippen LogP contribution in [-0.2, 0) is 6.54 Å². The molecule has 0 bridgehead atoms. The van der Waals surface area contributed by atoms with Gasteiger partial charge in [-0.2, -0.15) is 0 Å². The molecule has 0 atom stereocenters. The summed E-state index contributed by atoms with van der Waals surface area (Å²) in [6.07, 6.45) is 2.51. The van der Waals surface area contributed by atoms with Crippen molar-refractivity contribution in [3.63, 3.8) is 0 Å². The first kappa shape index (κ1) is 16.0. The highest BCUT2D eigenvalue weighted by Crippen LogP contribution is 2.19. The van der Waals surface area contributed by atoms with Gasteiger partial charge in [0.1, 0.15) is 0 Å². The first-order valence-corrected chi connectivity index (χ1v) is 8.26. The second-order valence-corrected chi connectivity index (χ2v) is 6.98. The Hall–Kier alpha value is -1.34. The molecule has 114 valence electrons. The van der Waals surface area contributed by atoms with Crippen LogP contribution in [0.5, 0.6) is 0 Å². The lowest BCUT2D eigenvalue weighted by molar-refractivity contribution is 0.359. The quantitative estimate of drug-likeness (QED) is 0.718. The van der Waals surface area contributed by atoms with Crippen molar-refractivity contribution in [2.45, 2.75) is 53.1 Å². The fourth-order valence-corrected chi connectivity index (χ4v) is 3.10. The maximum absolute atomic E-state index is 3.79. The van der Waals surface area contributed by atoms with Crippen LogP contribution in [0.1, 0.15) is 46.1 Å². The van der Waals surface area contributed by atoms with Gasteiger partial charge in [0.15, 0.2) is 0 Å². The Morgan fingerprint density at radius 1 is 0.810 bits per heavy atom. The van der Waals surface area contributed by atoms with Crippen LogP contribution in [0.3, 0.4) is 0 Å². The first-order valence-electron chi connectivity index (χ1n) is 8.26. The van der Waals surface area contributed by atoms with Gasteiger partial charge in [-0.1, -0.05) is 70.2 Å². The van der Waals surface area contributed by atoms with Gasteiger partial charge in [0.2, 0.25) is 0 Å². The molecule has 0 heterocycles. The highest BCUT2D eigenvalue weighted by atomic mass is 14.9. The van der Waals surface area contributed by atoms with Crippen molar-refractivity contribution in [2.24, 2.45) is 11.8 Å². The second kappa shape index (κ2) is 7.61. The number of rotatable bonds is 7. The molecule has 0 radical (unpaired) electrons. The maximum atomic E-state index is 3.79. The summed E-state index contributed by atoms with van der Waals surface area (Å²) in [6.45, 7) is 10.2. The van der Waals surface area contributed by atoms with E-state index in [-0.39, 0.29) is 0 Å². The zero-order chi connectivity index (χ0) is 15.2. The van der Waals surface area contributed by atoms with E-state index in [9.17, 15) is 0 Å². The minimum atomic E-state index is 0.615. The van der Waals surface area contributed by atoms with Gasteiger partial charge < -0.3 is 5.32 Å². The van der Waals surface area contributed by atoms with Gasteiger partial charge in [-0.05, 0) is 41.0 Å². The maximum Gasteiger partial charge on any atom is 0.0214 e. The normalized spacial score (nSPS) is 12.0. The van der Waals surface area contributed by atoms with Gasteiger partial charge >= 0.3 is 0 Å². The van der Waals surface area contributed by atoms with Crippen LogP contribution in [-0.4, -0.2) is 6.04 Å². The van der Waals surface area contributed by atoms with Gasteiger partial charge in [-0.3, -0.25) is 0 Å². The third-order valence-electron chi connectivity index (χ3n) is 3.97. The van der Waals surface area contributed by atoms with E-state index in [0.29, 0.717) is 6.04 Å². The predicted molar refractivity (Wildman–Crippen MR) is 93.5 cm³/mol. The van der Waals surface area contributed by atoms with Crippen LogP contribution in [0, 0.1) is 11.8 Å². The molecule has 0 aliphatic heterocycles. The number of hydrogen-bond donors (Lipinski definition) is 1. The molecule has 2 aromatic carbocycles. The van der Waals surface area contributed by atoms with Gasteiger partial charge in [0.05, 0.1) is 0 Å². The Bertz CT molecular complexity index is 541. The molecule has 1 nitrogen and oxygen atoms in total. The summed E-state index contributed by atoms with van der Waals surface area (Å²) in [6, 6.07) is 15.9. The summed E-state index contributed by atoms with van der Waals surface area (Å²) in [5.74, 6) is 1.49. The second-order valence-electron chi connectivity index (χ2n) is 6.98. The molecule has 21 heavy (non-hydrogen) atoms. The zero-order valence-corrected chi connectivity index (χ0v) is 13.9. The molecule has 0 fully saturated rings. The van der Waals surface area contributed by atoms with Crippen LogP contribution in [0.4, 0.5) is 0 Å². The van der Waals surface area contributed by atoms with E-state index in [4.69, 9.17) is 0 Å². The van der Waals surface area contributed by atoms with Crippen molar-refractivity contribution in [3.05, 3.63) is 48.0 Å². The Morgan fingerprint density at radius 3 is 2.10 bits per heavy atom. The molecule has 2 aromatic rings. The minimum absolute atomic E-state index is 0.615. The highest BCUT2D eigenvalue weighted by Gasteiger charge is 2.12. The molecule has 0 aliphatic carbocycles. The van der Waals surface area contributed by atoms with Crippen molar-refractivity contribution in [2.75, 3.05) is 0 Å². The number of fused-ring (bicyclic) bond motifs is 1. The van der Waals surface area contributed by atoms with E-state index in [1.807, 2.05) is 0 Å². The monoisotopic (exact) mass is 283 g/mol. The molecular weight excluding hydrogens is 254 g/mol. The van der Waals surface area contributed by atoms with Gasteiger partial charge in [0.25, 0.3) is 0 Å². The van der Waals surface area contributed by atoms with Crippen LogP contribution in [0.15, 0.2) is 42.5 Å². The van der Waals surface area contributed by atoms with E-state index < -0.39 is 0 Å². The molecule has 0 saturated carbocycles. The molecular formula is C20H29N. The molecule has 0 saturated heterocycles. The minimum Gasteiger partial charge on any atom is -0.310 e. The first-order chi connectivity index (χ1) is 10.1. The lowest BCUT2D eigenvalue weighted by Crippen LogP contribution is -2.31. The van der Waals surface area contributed by atoms with E-state index in [2.05, 4.69) is 75.5 Å². The largest absolute Gasteiger partial charge is 0.310 e. The van der Waals surface area contributed by atoms with Gasteiger partial charge in [-0.15, -0.1) is 0 Å². The van der Waals surface area contributed by atoms with Crippen LogP contribution in [0.2, 0.25) is 0 Å². The van der Waals surface area contributed by atoms with Crippen LogP contribution in [0.25, 0.3) is 10.8 Å². The molecule has 0 unspecified atom stereocenters. The third-order valence-corrected chi connectivity index (χ3v) is 3.97. The Balaban J connectivity index is 2.08. The van der Waals surface area contributed by atoms with E-state index in [1.165, 1.54) is 29.2 Å². The van der Waals surface area contributed by atoms with Crippen molar-refractivity contribution >= 4 is 10.8 Å². The average molecular weight is 283 g/mol. The summed E-state index contributed by atoms with van der Waals surface area (Å²) in [5.41, 5.74) is 1.41. The molecule has 1 heteroatoms. The van der Waals surface area contributed by atoms with E-state index >= 15 is 0 Å². The lowest BCUT2D eigenvalue weighted by Gasteiger charge is -2.23. The smallest absolute Gasteiger partial charge is 0.0214 e. The van der Waals surface area contributed by atoms with Crippen molar-refractivity contribution in [1.29, 1.82) is 0 Å². The molecule has 2 rings (SSSR count). The Labute approximate surface area is 129 Å². The van der Waals surface area contributed by atoms with Crippen LogP contribution < -0.4 is 5.32 Å². The molecule has 0 aliphatic rings. The fourth-order valence-electron chi connectivity index (χ4n) is 3.10. The number of nitrogens with one attached hydrogen (secondary N) is 1. The highest BCUT2D eigenvalue weighted by molar-refractivity contribution is 5.85. The zero-order valence-electron chi connectivity index (χ0n) is 13.9. The predicted octanol–water partition coefficient (Wildman–Crippen LogP) is 5.39. The topological polar surface area (TPSA) is 12.0 Å². The third kappa shape index (κ3) is 4.86. The van der Waals surface area contributed by atoms with Crippen molar-refractivity contribution in [1.82, 2.24) is 5.32 Å². The molecule has 0 aromatic heterocycles. The van der Waals surface area contributed by atoms with Crippen molar-refractivity contribution in [3.8, 4) is 0 Å².